The summed E-state index contributed by atoms with van der Waals surface area (Å²) in [5.74, 6) is -0.449. The van der Waals surface area contributed by atoms with E-state index < -0.39 is 26.0 Å². The molecule has 0 spiro atoms. The maximum absolute atomic E-state index is 13.0. The average molecular weight is 456 g/mol. The number of nitrogens with zero attached hydrogens (tertiary/aromatic N) is 1. The molecule has 1 heterocycles. The minimum Gasteiger partial charge on any atom is -0.495 e. The smallest absolute Gasteiger partial charge is 0.255 e. The third-order valence-corrected chi connectivity index (χ3v) is 7.30. The Morgan fingerprint density at radius 2 is 1.70 bits per heavy atom. The van der Waals surface area contributed by atoms with Crippen LogP contribution in [0.1, 0.15) is 10.4 Å². The molecule has 0 aromatic heterocycles. The molecule has 162 valence electrons. The van der Waals surface area contributed by atoms with Crippen molar-refractivity contribution in [2.24, 2.45) is 5.14 Å². The maximum atomic E-state index is 13.0. The summed E-state index contributed by atoms with van der Waals surface area (Å²) in [5.41, 5.74) is 0.416. The van der Waals surface area contributed by atoms with Crippen LogP contribution in [0, 0.1) is 0 Å². The molecule has 1 aliphatic heterocycles. The fraction of sp³-hybridized carbons (Fsp3) is 0.278. The van der Waals surface area contributed by atoms with Crippen molar-refractivity contribution in [3.63, 3.8) is 0 Å². The highest BCUT2D eigenvalue weighted by atomic mass is 32.2. The minimum atomic E-state index is -3.89. The van der Waals surface area contributed by atoms with Crippen molar-refractivity contribution in [2.45, 2.75) is 9.79 Å². The van der Waals surface area contributed by atoms with Crippen LogP contribution in [0.2, 0.25) is 0 Å². The number of sulfonamides is 2. The molecule has 12 heteroatoms. The summed E-state index contributed by atoms with van der Waals surface area (Å²) in [6, 6.07) is 9.37. The van der Waals surface area contributed by atoms with E-state index in [1.54, 1.807) is 0 Å². The Balaban J connectivity index is 1.87. The molecule has 1 saturated heterocycles. The van der Waals surface area contributed by atoms with Crippen molar-refractivity contribution in [1.82, 2.24) is 4.31 Å². The number of morpholine rings is 1. The molecule has 0 bridgehead atoms. The van der Waals surface area contributed by atoms with Crippen LogP contribution >= 0.6 is 0 Å². The lowest BCUT2D eigenvalue weighted by Gasteiger charge is -2.26. The Labute approximate surface area is 174 Å². The van der Waals surface area contributed by atoms with Gasteiger partial charge in [0.05, 0.1) is 25.2 Å². The van der Waals surface area contributed by atoms with Gasteiger partial charge in [0, 0.05) is 24.3 Å². The van der Waals surface area contributed by atoms with Gasteiger partial charge in [0.15, 0.2) is 0 Å². The molecule has 30 heavy (non-hydrogen) atoms. The topological polar surface area (TPSA) is 145 Å². The van der Waals surface area contributed by atoms with Crippen LogP contribution in [0.4, 0.5) is 5.69 Å². The van der Waals surface area contributed by atoms with E-state index in [4.69, 9.17) is 14.6 Å². The van der Waals surface area contributed by atoms with E-state index in [2.05, 4.69) is 5.32 Å². The lowest BCUT2D eigenvalue weighted by molar-refractivity contribution is 0.0729. The van der Waals surface area contributed by atoms with Crippen LogP contribution in [-0.2, 0) is 24.8 Å². The Kier molecular flexibility index (Phi) is 6.43. The Morgan fingerprint density at radius 3 is 2.27 bits per heavy atom. The van der Waals surface area contributed by atoms with Crippen LogP contribution in [0.3, 0.4) is 0 Å². The van der Waals surface area contributed by atoms with Gasteiger partial charge in [0.2, 0.25) is 20.0 Å². The average Bonchev–Trinajstić information content (AvgIpc) is 2.73. The normalized spacial score (nSPS) is 15.5. The first-order valence-electron chi connectivity index (χ1n) is 8.83. The molecule has 1 fully saturated rings. The number of hydrogen-bond donors (Lipinski definition) is 2. The second kappa shape index (κ2) is 8.70. The summed E-state index contributed by atoms with van der Waals surface area (Å²) in [7, 11) is -6.39. The van der Waals surface area contributed by atoms with Gasteiger partial charge in [0.25, 0.3) is 5.91 Å². The molecule has 0 aliphatic carbocycles. The SMILES string of the molecule is COc1ccc(C(=O)Nc2ccc(S(N)(=O)=O)cc2)cc1S(=O)(=O)N1CCOCC1. The fourth-order valence-corrected chi connectivity index (χ4v) is 4.98. The van der Waals surface area contributed by atoms with Crippen molar-refractivity contribution in [1.29, 1.82) is 0 Å². The number of benzene rings is 2. The first kappa shape index (κ1) is 22.2. The standard InChI is InChI=1S/C18H21N3O7S2/c1-27-16-7-2-13(12-17(16)30(25,26)21-8-10-28-11-9-21)18(22)20-14-3-5-15(6-4-14)29(19,23)24/h2-7,12H,8-11H2,1H3,(H,20,22)(H2,19,23,24). The summed E-state index contributed by atoms with van der Waals surface area (Å²) in [4.78, 5) is 12.4. The first-order chi connectivity index (χ1) is 14.1. The van der Waals surface area contributed by atoms with Gasteiger partial charge >= 0.3 is 0 Å². The minimum absolute atomic E-state index is 0.0937. The second-order valence-electron chi connectivity index (χ2n) is 6.41. The molecule has 0 unspecified atom stereocenters. The Bertz CT molecular complexity index is 1140. The van der Waals surface area contributed by atoms with E-state index in [1.807, 2.05) is 0 Å². The number of amides is 1. The first-order valence-corrected chi connectivity index (χ1v) is 11.8. The van der Waals surface area contributed by atoms with Crippen molar-refractivity contribution in [3.8, 4) is 5.75 Å². The van der Waals surface area contributed by atoms with Crippen LogP contribution in [0.25, 0.3) is 0 Å². The molecule has 1 aliphatic rings. The molecule has 1 amide bonds. The third kappa shape index (κ3) is 4.79. The van der Waals surface area contributed by atoms with Crippen molar-refractivity contribution >= 4 is 31.6 Å². The summed E-state index contributed by atoms with van der Waals surface area (Å²) in [6.45, 7) is 0.989. The summed E-state index contributed by atoms with van der Waals surface area (Å²) in [6.07, 6.45) is 0. The number of carbonyl (C=O) groups is 1. The zero-order chi connectivity index (χ0) is 21.9. The van der Waals surface area contributed by atoms with Crippen LogP contribution in [0.5, 0.6) is 5.75 Å². The van der Waals surface area contributed by atoms with E-state index in [0.717, 1.165) is 0 Å². The highest BCUT2D eigenvalue weighted by Crippen LogP contribution is 2.29. The second-order valence-corrected chi connectivity index (χ2v) is 9.87. The van der Waals surface area contributed by atoms with Gasteiger partial charge in [-0.1, -0.05) is 0 Å². The summed E-state index contributed by atoms with van der Waals surface area (Å²) >= 11 is 0. The number of hydrogen-bond acceptors (Lipinski definition) is 7. The quantitative estimate of drug-likeness (QED) is 0.649. The molecule has 10 nitrogen and oxygen atoms in total. The largest absolute Gasteiger partial charge is 0.495 e. The lowest BCUT2D eigenvalue weighted by Crippen LogP contribution is -2.40. The number of carbonyl (C=O) groups excluding carboxylic acids is 1. The molecule has 0 radical (unpaired) electrons. The van der Waals surface area contributed by atoms with Gasteiger partial charge in [-0.2, -0.15) is 4.31 Å². The number of nitrogens with one attached hydrogen (secondary N) is 1. The van der Waals surface area contributed by atoms with Crippen molar-refractivity contribution < 1.29 is 31.1 Å². The lowest BCUT2D eigenvalue weighted by atomic mass is 10.2. The number of methoxy groups -OCH3 is 1. The number of nitrogens with two attached hydrogens (primary N) is 1. The molecular formula is C18H21N3O7S2. The maximum Gasteiger partial charge on any atom is 0.255 e. The van der Waals surface area contributed by atoms with E-state index in [1.165, 1.54) is 53.9 Å². The fourth-order valence-electron chi connectivity index (χ4n) is 2.88. The summed E-state index contributed by atoms with van der Waals surface area (Å²) < 4.78 is 60.3. The van der Waals surface area contributed by atoms with Crippen molar-refractivity contribution in [3.05, 3.63) is 48.0 Å². The third-order valence-electron chi connectivity index (χ3n) is 4.45. The molecule has 3 rings (SSSR count). The van der Waals surface area contributed by atoms with Gasteiger partial charge < -0.3 is 14.8 Å². The zero-order valence-electron chi connectivity index (χ0n) is 16.1. The predicted octanol–water partition coefficient (Wildman–Crippen LogP) is 0.616. The number of rotatable bonds is 6. The highest BCUT2D eigenvalue weighted by molar-refractivity contribution is 7.89. The number of primary sulfonamides is 1. The van der Waals surface area contributed by atoms with Gasteiger partial charge in [0.1, 0.15) is 10.6 Å². The van der Waals surface area contributed by atoms with Gasteiger partial charge in [-0.3, -0.25) is 4.79 Å². The van der Waals surface area contributed by atoms with E-state index >= 15 is 0 Å². The van der Waals surface area contributed by atoms with E-state index in [9.17, 15) is 21.6 Å². The van der Waals surface area contributed by atoms with Crippen LogP contribution in [0.15, 0.2) is 52.3 Å². The number of ether oxygens (including phenoxy) is 2. The molecule has 2 aromatic rings. The highest BCUT2D eigenvalue weighted by Gasteiger charge is 2.30. The van der Waals surface area contributed by atoms with E-state index in [-0.39, 0.29) is 47.4 Å². The van der Waals surface area contributed by atoms with Crippen LogP contribution < -0.4 is 15.2 Å². The molecule has 2 aromatic carbocycles. The van der Waals surface area contributed by atoms with E-state index in [0.29, 0.717) is 5.69 Å². The van der Waals surface area contributed by atoms with Crippen molar-refractivity contribution in [2.75, 3.05) is 38.7 Å². The monoisotopic (exact) mass is 455 g/mol. The summed E-state index contributed by atoms with van der Waals surface area (Å²) in [5, 5.41) is 7.64. The molecular weight excluding hydrogens is 434 g/mol. The zero-order valence-corrected chi connectivity index (χ0v) is 17.7. The molecule has 0 saturated carbocycles. The van der Waals surface area contributed by atoms with Gasteiger partial charge in [-0.05, 0) is 42.5 Å². The Hall–Kier alpha value is -2.51. The molecule has 3 N–H and O–H groups in total. The van der Waals surface area contributed by atoms with Gasteiger partial charge in [-0.15, -0.1) is 0 Å². The Morgan fingerprint density at radius 1 is 1.07 bits per heavy atom. The van der Waals surface area contributed by atoms with Crippen LogP contribution in [-0.4, -0.2) is 60.5 Å². The molecule has 0 atom stereocenters. The number of anilines is 1. The predicted molar refractivity (Wildman–Crippen MR) is 108 cm³/mol. The van der Waals surface area contributed by atoms with Gasteiger partial charge in [-0.25, -0.2) is 22.0 Å².